The molecule has 0 fully saturated rings. The molecule has 0 aromatic carbocycles. The summed E-state index contributed by atoms with van der Waals surface area (Å²) < 4.78 is 0. The van der Waals surface area contributed by atoms with Gasteiger partial charge in [0.15, 0.2) is 5.13 Å². The van der Waals surface area contributed by atoms with Crippen molar-refractivity contribution in [3.05, 3.63) is 10.6 Å². The summed E-state index contributed by atoms with van der Waals surface area (Å²) in [5.74, 6) is 0. The molecule has 0 aliphatic carbocycles. The van der Waals surface area contributed by atoms with E-state index in [0.717, 1.165) is 10.8 Å². The molecule has 0 spiro atoms. The summed E-state index contributed by atoms with van der Waals surface area (Å²) in [5, 5.41) is 10.3. The van der Waals surface area contributed by atoms with Gasteiger partial charge in [-0.25, -0.2) is 4.98 Å². The lowest BCUT2D eigenvalue weighted by Crippen LogP contribution is -2.07. The molecule has 1 N–H and O–H groups in total. The Hall–Kier alpha value is -0.610. The van der Waals surface area contributed by atoms with E-state index in [2.05, 4.69) is 4.98 Å². The van der Waals surface area contributed by atoms with Gasteiger partial charge in [0.1, 0.15) is 0 Å². The quantitative estimate of drug-likeness (QED) is 0.802. The van der Waals surface area contributed by atoms with Gasteiger partial charge in [0.05, 0.1) is 11.8 Å². The molecule has 1 aromatic rings. The van der Waals surface area contributed by atoms with Crippen LogP contribution in [0, 0.1) is 6.92 Å². The fourth-order valence-electron chi connectivity index (χ4n) is 1.06. The number of hydrogen-bond acceptors (Lipinski definition) is 4. The van der Waals surface area contributed by atoms with Crippen molar-refractivity contribution in [1.29, 1.82) is 0 Å². The van der Waals surface area contributed by atoms with Crippen LogP contribution in [0.1, 0.15) is 17.5 Å². The number of aromatic nitrogens is 1. The van der Waals surface area contributed by atoms with Crippen LogP contribution in [-0.2, 0) is 6.42 Å². The van der Waals surface area contributed by atoms with E-state index < -0.39 is 0 Å². The predicted octanol–water partition coefficient (Wildman–Crippen LogP) is 1.44. The number of nitrogens with zero attached hydrogens (tertiary/aromatic N) is 2. The average molecular weight is 200 g/mol. The lowest BCUT2D eigenvalue weighted by molar-refractivity contribution is 0.196. The Balaban J connectivity index is 2.83. The molecule has 1 heterocycles. The SMILES string of the molecule is Cc1nc(N(C)C)sc1CC(C)O. The van der Waals surface area contributed by atoms with Crippen molar-refractivity contribution in [1.82, 2.24) is 4.98 Å². The summed E-state index contributed by atoms with van der Waals surface area (Å²) in [6.45, 7) is 3.79. The van der Waals surface area contributed by atoms with E-state index in [1.165, 1.54) is 4.88 Å². The van der Waals surface area contributed by atoms with Gasteiger partial charge < -0.3 is 10.0 Å². The van der Waals surface area contributed by atoms with Crippen molar-refractivity contribution in [3.63, 3.8) is 0 Å². The molecule has 1 aromatic heterocycles. The van der Waals surface area contributed by atoms with Crippen LogP contribution in [0.4, 0.5) is 5.13 Å². The first-order valence-electron chi connectivity index (χ1n) is 4.32. The molecule has 74 valence electrons. The average Bonchev–Trinajstić information content (AvgIpc) is 2.31. The highest BCUT2D eigenvalue weighted by atomic mass is 32.1. The van der Waals surface area contributed by atoms with E-state index in [-0.39, 0.29) is 6.10 Å². The minimum absolute atomic E-state index is 0.283. The van der Waals surface area contributed by atoms with Crippen molar-refractivity contribution >= 4 is 16.5 Å². The molecule has 0 saturated heterocycles. The van der Waals surface area contributed by atoms with Gasteiger partial charge in [-0.05, 0) is 13.8 Å². The summed E-state index contributed by atoms with van der Waals surface area (Å²) in [4.78, 5) is 7.57. The summed E-state index contributed by atoms with van der Waals surface area (Å²) in [7, 11) is 3.95. The summed E-state index contributed by atoms with van der Waals surface area (Å²) in [5.41, 5.74) is 1.04. The van der Waals surface area contributed by atoms with Crippen molar-refractivity contribution in [2.24, 2.45) is 0 Å². The van der Waals surface area contributed by atoms with Gasteiger partial charge in [-0.1, -0.05) is 0 Å². The third-order valence-electron chi connectivity index (χ3n) is 1.74. The predicted molar refractivity (Wildman–Crippen MR) is 56.6 cm³/mol. The van der Waals surface area contributed by atoms with Crippen molar-refractivity contribution in [2.45, 2.75) is 26.4 Å². The van der Waals surface area contributed by atoms with Gasteiger partial charge >= 0.3 is 0 Å². The van der Waals surface area contributed by atoms with E-state index in [9.17, 15) is 5.11 Å². The van der Waals surface area contributed by atoms with E-state index in [4.69, 9.17) is 0 Å². The molecular weight excluding hydrogens is 184 g/mol. The lowest BCUT2D eigenvalue weighted by atomic mass is 10.2. The molecule has 3 nitrogen and oxygen atoms in total. The zero-order valence-corrected chi connectivity index (χ0v) is 9.35. The van der Waals surface area contributed by atoms with Crippen LogP contribution in [0.25, 0.3) is 0 Å². The summed E-state index contributed by atoms with van der Waals surface area (Å²) in [6.07, 6.45) is 0.423. The maximum atomic E-state index is 9.24. The Labute approximate surface area is 83.0 Å². The molecule has 13 heavy (non-hydrogen) atoms. The molecule has 0 aliphatic heterocycles. The topological polar surface area (TPSA) is 36.4 Å². The van der Waals surface area contributed by atoms with Gasteiger partial charge in [-0.3, -0.25) is 0 Å². The van der Waals surface area contributed by atoms with Crippen LogP contribution in [0.3, 0.4) is 0 Å². The molecule has 0 radical (unpaired) electrons. The maximum Gasteiger partial charge on any atom is 0.185 e. The van der Waals surface area contributed by atoms with E-state index in [0.29, 0.717) is 6.42 Å². The van der Waals surface area contributed by atoms with Gasteiger partial charge in [0, 0.05) is 25.4 Å². The Morgan fingerprint density at radius 3 is 2.54 bits per heavy atom. The van der Waals surface area contributed by atoms with Crippen molar-refractivity contribution in [3.8, 4) is 0 Å². The number of aliphatic hydroxyl groups excluding tert-OH is 1. The second-order valence-electron chi connectivity index (χ2n) is 3.45. The number of hydrogen-bond donors (Lipinski definition) is 1. The third kappa shape index (κ3) is 2.67. The van der Waals surface area contributed by atoms with E-state index >= 15 is 0 Å². The Morgan fingerprint density at radius 2 is 2.15 bits per heavy atom. The number of rotatable bonds is 3. The zero-order valence-electron chi connectivity index (χ0n) is 8.53. The normalized spacial score (nSPS) is 13.0. The number of aryl methyl sites for hydroxylation is 1. The van der Waals surface area contributed by atoms with Crippen molar-refractivity contribution in [2.75, 3.05) is 19.0 Å². The van der Waals surface area contributed by atoms with E-state index in [1.54, 1.807) is 18.3 Å². The highest BCUT2D eigenvalue weighted by Gasteiger charge is 2.10. The van der Waals surface area contributed by atoms with Crippen LogP contribution < -0.4 is 4.90 Å². The molecule has 0 saturated carbocycles. The smallest absolute Gasteiger partial charge is 0.185 e. The number of aliphatic hydroxyl groups is 1. The molecule has 1 atom stereocenters. The Bertz CT molecular complexity index is 281. The fraction of sp³-hybridized carbons (Fsp3) is 0.667. The fourth-order valence-corrected chi connectivity index (χ4v) is 2.17. The monoisotopic (exact) mass is 200 g/mol. The highest BCUT2D eigenvalue weighted by Crippen LogP contribution is 2.25. The molecule has 1 unspecified atom stereocenters. The second kappa shape index (κ2) is 4.07. The molecule has 0 aliphatic rings. The first-order valence-corrected chi connectivity index (χ1v) is 5.14. The molecular formula is C9H16N2OS. The summed E-state index contributed by atoms with van der Waals surface area (Å²) in [6, 6.07) is 0. The minimum Gasteiger partial charge on any atom is -0.393 e. The van der Waals surface area contributed by atoms with Crippen LogP contribution >= 0.6 is 11.3 Å². The van der Waals surface area contributed by atoms with Crippen LogP contribution in [0.2, 0.25) is 0 Å². The second-order valence-corrected chi connectivity index (χ2v) is 4.51. The van der Waals surface area contributed by atoms with E-state index in [1.807, 2.05) is 25.9 Å². The molecule has 0 bridgehead atoms. The third-order valence-corrected chi connectivity index (χ3v) is 3.09. The minimum atomic E-state index is -0.283. The number of thiazole rings is 1. The lowest BCUT2D eigenvalue weighted by Gasteiger charge is -2.05. The Kier molecular flexibility index (Phi) is 3.27. The first kappa shape index (κ1) is 10.5. The van der Waals surface area contributed by atoms with Gasteiger partial charge in [0.2, 0.25) is 0 Å². The largest absolute Gasteiger partial charge is 0.393 e. The maximum absolute atomic E-state index is 9.24. The molecule has 4 heteroatoms. The van der Waals surface area contributed by atoms with Crippen LogP contribution in [0.5, 0.6) is 0 Å². The molecule has 0 amide bonds. The first-order chi connectivity index (χ1) is 6.00. The van der Waals surface area contributed by atoms with Crippen LogP contribution in [0.15, 0.2) is 0 Å². The Morgan fingerprint density at radius 1 is 1.54 bits per heavy atom. The summed E-state index contributed by atoms with van der Waals surface area (Å²) >= 11 is 1.65. The highest BCUT2D eigenvalue weighted by molar-refractivity contribution is 7.15. The number of anilines is 1. The zero-order chi connectivity index (χ0) is 10.0. The standard InChI is InChI=1S/C9H16N2OS/c1-6(12)5-8-7(2)10-9(13-8)11(3)4/h6,12H,5H2,1-4H3. The van der Waals surface area contributed by atoms with Gasteiger partial charge in [0.25, 0.3) is 0 Å². The molecule has 1 rings (SSSR count). The van der Waals surface area contributed by atoms with Crippen LogP contribution in [-0.4, -0.2) is 30.3 Å². The van der Waals surface area contributed by atoms with Gasteiger partial charge in [-0.2, -0.15) is 0 Å². The van der Waals surface area contributed by atoms with Gasteiger partial charge in [-0.15, -0.1) is 11.3 Å². The van der Waals surface area contributed by atoms with Crippen molar-refractivity contribution < 1.29 is 5.11 Å².